The molecule has 2 amide bonds. The number of β-amino-alcohol motifs (C(OH)–C–C–N with tert-alkyl or cyclic N) is 1. The summed E-state index contributed by atoms with van der Waals surface area (Å²) < 4.78 is 39.9. The molecule has 1 aliphatic heterocycles. The first kappa shape index (κ1) is 17.9. The molecule has 0 saturated carbocycles. The summed E-state index contributed by atoms with van der Waals surface area (Å²) in [6.07, 6.45) is -7.17. The fraction of sp³-hybridized carbons (Fsp3) is 0.429. The Labute approximate surface area is 134 Å². The molecule has 0 spiro atoms. The number of aliphatic hydroxyl groups is 1. The predicted octanol–water partition coefficient (Wildman–Crippen LogP) is 0.967. The molecule has 7 nitrogen and oxygen atoms in total. The molecule has 1 saturated heterocycles. The Kier molecular flexibility index (Phi) is 5.17. The molecule has 0 aliphatic carbocycles. The van der Waals surface area contributed by atoms with Gasteiger partial charge in [0, 0.05) is 13.1 Å². The third-order valence-corrected chi connectivity index (χ3v) is 3.46. The van der Waals surface area contributed by atoms with Gasteiger partial charge in [0.25, 0.3) is 0 Å². The zero-order chi connectivity index (χ0) is 17.9. The van der Waals surface area contributed by atoms with Crippen molar-refractivity contribution in [3.63, 3.8) is 0 Å². The zero-order valence-corrected chi connectivity index (χ0v) is 12.3. The molecule has 1 fully saturated rings. The van der Waals surface area contributed by atoms with Crippen molar-refractivity contribution < 1.29 is 37.7 Å². The first-order valence-electron chi connectivity index (χ1n) is 6.94. The van der Waals surface area contributed by atoms with Crippen LogP contribution in [0.1, 0.15) is 5.56 Å². The van der Waals surface area contributed by atoms with Gasteiger partial charge in [-0.05, 0) is 17.7 Å². The van der Waals surface area contributed by atoms with Crippen molar-refractivity contribution in [2.75, 3.05) is 13.1 Å². The van der Waals surface area contributed by atoms with Crippen molar-refractivity contribution in [2.45, 2.75) is 24.9 Å². The molecule has 0 bridgehead atoms. The highest BCUT2D eigenvalue weighted by atomic mass is 19.4. The van der Waals surface area contributed by atoms with Crippen molar-refractivity contribution in [2.24, 2.45) is 0 Å². The van der Waals surface area contributed by atoms with Crippen LogP contribution in [0.5, 0.6) is 5.75 Å². The fourth-order valence-electron chi connectivity index (χ4n) is 2.39. The fourth-order valence-corrected chi connectivity index (χ4v) is 2.39. The van der Waals surface area contributed by atoms with E-state index in [9.17, 15) is 27.9 Å². The summed E-state index contributed by atoms with van der Waals surface area (Å²) in [6.45, 7) is 0.0145. The maximum atomic E-state index is 12.1. The van der Waals surface area contributed by atoms with Crippen molar-refractivity contribution >= 4 is 12.0 Å². The number of carbonyl (C=O) groups is 2. The van der Waals surface area contributed by atoms with Gasteiger partial charge in [0.1, 0.15) is 5.75 Å². The number of carbonyl (C=O) groups excluding carboxylic acids is 1. The minimum Gasteiger partial charge on any atom is -0.465 e. The summed E-state index contributed by atoms with van der Waals surface area (Å²) in [5.41, 5.74) is 0.471. The highest BCUT2D eigenvalue weighted by molar-refractivity contribution is 5.79. The van der Waals surface area contributed by atoms with E-state index in [-0.39, 0.29) is 31.2 Å². The number of ether oxygens (including phenoxy) is 1. The molecule has 24 heavy (non-hydrogen) atoms. The lowest BCUT2D eigenvalue weighted by atomic mass is 10.1. The van der Waals surface area contributed by atoms with Gasteiger partial charge in [-0.15, -0.1) is 13.2 Å². The van der Waals surface area contributed by atoms with Crippen LogP contribution in [0, 0.1) is 0 Å². The van der Waals surface area contributed by atoms with Crippen LogP contribution in [0.3, 0.4) is 0 Å². The Morgan fingerprint density at radius 1 is 1.25 bits per heavy atom. The van der Waals surface area contributed by atoms with Gasteiger partial charge in [0.15, 0.2) is 0 Å². The summed E-state index contributed by atoms with van der Waals surface area (Å²) in [5, 5.41) is 20.5. The van der Waals surface area contributed by atoms with Gasteiger partial charge in [-0.2, -0.15) is 0 Å². The lowest BCUT2D eigenvalue weighted by Crippen LogP contribution is -2.42. The third-order valence-electron chi connectivity index (χ3n) is 3.46. The van der Waals surface area contributed by atoms with E-state index >= 15 is 0 Å². The molecule has 2 rings (SSSR count). The smallest absolute Gasteiger partial charge is 0.465 e. The molecule has 3 N–H and O–H groups in total. The van der Waals surface area contributed by atoms with E-state index in [1.54, 1.807) is 0 Å². The van der Waals surface area contributed by atoms with E-state index < -0.39 is 24.6 Å². The normalized spacial score (nSPS) is 20.8. The minimum absolute atomic E-state index is 0.0148. The summed E-state index contributed by atoms with van der Waals surface area (Å²) in [6, 6.07) is 4.10. The standard InChI is InChI=1S/C14H15F3N2O5/c15-14(16,17)24-9-3-1-8(2-4-9)5-12(21)19-6-10(11(20)7-19)18-13(22)23/h1-4,10-11,18,20H,5-7H2,(H,22,23)/t10-,11+/m1/s1. The van der Waals surface area contributed by atoms with Crippen LogP contribution in [-0.4, -0.2) is 58.7 Å². The number of likely N-dealkylation sites (tertiary alicyclic amines) is 1. The maximum Gasteiger partial charge on any atom is 0.573 e. The molecule has 132 valence electrons. The predicted molar refractivity (Wildman–Crippen MR) is 74.4 cm³/mol. The van der Waals surface area contributed by atoms with Crippen LogP contribution >= 0.6 is 0 Å². The molecule has 1 aromatic carbocycles. The first-order valence-corrected chi connectivity index (χ1v) is 6.94. The Morgan fingerprint density at radius 3 is 2.42 bits per heavy atom. The number of hydrogen-bond acceptors (Lipinski definition) is 4. The lowest BCUT2D eigenvalue weighted by Gasteiger charge is -2.16. The van der Waals surface area contributed by atoms with Crippen LogP contribution in [0.4, 0.5) is 18.0 Å². The second kappa shape index (κ2) is 6.95. The van der Waals surface area contributed by atoms with Gasteiger partial charge in [0.2, 0.25) is 5.91 Å². The van der Waals surface area contributed by atoms with Crippen LogP contribution in [0.2, 0.25) is 0 Å². The SMILES string of the molecule is O=C(O)N[C@@H]1CN(C(=O)Cc2ccc(OC(F)(F)F)cc2)C[C@@H]1O. The number of aliphatic hydroxyl groups excluding tert-OH is 1. The van der Waals surface area contributed by atoms with Crippen LogP contribution in [-0.2, 0) is 11.2 Å². The number of nitrogens with one attached hydrogen (secondary N) is 1. The molecular formula is C14H15F3N2O5. The largest absolute Gasteiger partial charge is 0.573 e. The Morgan fingerprint density at radius 2 is 1.88 bits per heavy atom. The van der Waals surface area contributed by atoms with Crippen LogP contribution in [0.25, 0.3) is 0 Å². The molecule has 0 aromatic heterocycles. The Balaban J connectivity index is 1.92. The second-order valence-corrected chi connectivity index (χ2v) is 5.29. The highest BCUT2D eigenvalue weighted by Crippen LogP contribution is 2.23. The Hall–Kier alpha value is -2.49. The topological polar surface area (TPSA) is 99.1 Å². The van der Waals surface area contributed by atoms with Crippen LogP contribution in [0.15, 0.2) is 24.3 Å². The van der Waals surface area contributed by atoms with Gasteiger partial charge in [-0.1, -0.05) is 12.1 Å². The van der Waals surface area contributed by atoms with Gasteiger partial charge in [-0.3, -0.25) is 4.79 Å². The summed E-state index contributed by atoms with van der Waals surface area (Å²) >= 11 is 0. The first-order chi connectivity index (χ1) is 11.1. The summed E-state index contributed by atoms with van der Waals surface area (Å²) in [7, 11) is 0. The number of nitrogens with zero attached hydrogens (tertiary/aromatic N) is 1. The van der Waals surface area contributed by atoms with Gasteiger partial charge in [-0.25, -0.2) is 4.79 Å². The van der Waals surface area contributed by atoms with E-state index in [0.29, 0.717) is 5.56 Å². The highest BCUT2D eigenvalue weighted by Gasteiger charge is 2.35. The van der Waals surface area contributed by atoms with E-state index in [4.69, 9.17) is 5.11 Å². The molecule has 1 aromatic rings. The van der Waals surface area contributed by atoms with Crippen molar-refractivity contribution in [1.29, 1.82) is 0 Å². The number of benzene rings is 1. The molecule has 2 atom stereocenters. The van der Waals surface area contributed by atoms with Crippen LogP contribution < -0.4 is 10.1 Å². The quantitative estimate of drug-likeness (QED) is 0.753. The summed E-state index contributed by atoms with van der Waals surface area (Å²) in [5.74, 6) is -0.755. The van der Waals surface area contributed by atoms with E-state index in [2.05, 4.69) is 10.1 Å². The lowest BCUT2D eigenvalue weighted by molar-refractivity contribution is -0.274. The zero-order valence-electron chi connectivity index (χ0n) is 12.3. The molecule has 10 heteroatoms. The van der Waals surface area contributed by atoms with Crippen molar-refractivity contribution in [1.82, 2.24) is 10.2 Å². The van der Waals surface area contributed by atoms with Gasteiger partial charge < -0.3 is 25.2 Å². The summed E-state index contributed by atoms with van der Waals surface area (Å²) in [4.78, 5) is 24.0. The van der Waals surface area contributed by atoms with Crippen molar-refractivity contribution in [3.05, 3.63) is 29.8 Å². The number of carboxylic acid groups (broad SMARTS) is 1. The van der Waals surface area contributed by atoms with E-state index in [1.165, 1.54) is 17.0 Å². The Bertz CT molecular complexity index is 605. The molecular weight excluding hydrogens is 333 g/mol. The molecule has 1 aliphatic rings. The van der Waals surface area contributed by atoms with Crippen molar-refractivity contribution in [3.8, 4) is 5.75 Å². The molecule has 0 radical (unpaired) electrons. The third kappa shape index (κ3) is 5.01. The number of amides is 2. The molecule has 0 unspecified atom stereocenters. The van der Waals surface area contributed by atoms with E-state index in [1.807, 2.05) is 0 Å². The molecule has 1 heterocycles. The van der Waals surface area contributed by atoms with Gasteiger partial charge >= 0.3 is 12.5 Å². The second-order valence-electron chi connectivity index (χ2n) is 5.29. The number of rotatable bonds is 4. The minimum atomic E-state index is -4.78. The number of halogens is 3. The number of hydrogen-bond donors (Lipinski definition) is 3. The van der Waals surface area contributed by atoms with E-state index in [0.717, 1.165) is 12.1 Å². The average Bonchev–Trinajstić information content (AvgIpc) is 2.80. The maximum absolute atomic E-state index is 12.1. The van der Waals surface area contributed by atoms with Gasteiger partial charge in [0.05, 0.1) is 18.6 Å². The monoisotopic (exact) mass is 348 g/mol. The average molecular weight is 348 g/mol. The number of alkyl halides is 3.